The third kappa shape index (κ3) is 9.56. The lowest BCUT2D eigenvalue weighted by atomic mass is 9.70. The van der Waals surface area contributed by atoms with Gasteiger partial charge in [-0.3, -0.25) is 9.78 Å². The number of aliphatic hydroxyl groups is 1. The molecular formula is C46H48ClN7O3. The van der Waals surface area contributed by atoms with Gasteiger partial charge < -0.3 is 25.4 Å². The second-order valence-electron chi connectivity index (χ2n) is 14.2. The van der Waals surface area contributed by atoms with Gasteiger partial charge in [0.2, 0.25) is 5.91 Å². The number of phenols is 1. The number of pyridine rings is 1. The molecule has 0 atom stereocenters. The van der Waals surface area contributed by atoms with E-state index in [-0.39, 0.29) is 11.7 Å². The molecule has 1 aliphatic heterocycles. The van der Waals surface area contributed by atoms with Gasteiger partial charge in [0.25, 0.3) is 0 Å². The van der Waals surface area contributed by atoms with Crippen molar-refractivity contribution < 1.29 is 15.0 Å². The molecule has 3 heterocycles. The summed E-state index contributed by atoms with van der Waals surface area (Å²) >= 11 is 6.03. The first-order valence-electron chi connectivity index (χ1n) is 18.9. The number of hydrogen-bond donors (Lipinski definition) is 4. The maximum absolute atomic E-state index is 13.8. The van der Waals surface area contributed by atoms with Gasteiger partial charge in [-0.25, -0.2) is 5.84 Å². The van der Waals surface area contributed by atoms with Crippen molar-refractivity contribution >= 4 is 45.0 Å². The highest BCUT2D eigenvalue weighted by Gasteiger charge is 2.43. The zero-order chi connectivity index (χ0) is 40.3. The highest BCUT2D eigenvalue weighted by Crippen LogP contribution is 2.39. The Kier molecular flexibility index (Phi) is 13.5. The molecule has 8 rings (SSSR count). The number of halogens is 1. The number of benzene rings is 5. The Labute approximate surface area is 338 Å². The van der Waals surface area contributed by atoms with Crippen LogP contribution >= 0.6 is 11.6 Å². The number of amides is 1. The van der Waals surface area contributed by atoms with Crippen molar-refractivity contribution in [2.45, 2.75) is 30.3 Å². The van der Waals surface area contributed by atoms with Crippen LogP contribution in [0.2, 0.25) is 5.02 Å². The number of hydrogen-bond acceptors (Lipinski definition) is 9. The minimum Gasteiger partial charge on any atom is -0.506 e. The fourth-order valence-electron chi connectivity index (χ4n) is 7.38. The van der Waals surface area contributed by atoms with Gasteiger partial charge in [0, 0.05) is 54.6 Å². The van der Waals surface area contributed by atoms with Gasteiger partial charge in [-0.1, -0.05) is 127 Å². The third-order valence-corrected chi connectivity index (χ3v) is 10.7. The molecule has 10 nitrogen and oxygen atoms in total. The number of aromatic hydroxyl groups is 1. The molecule has 2 aromatic heterocycles. The van der Waals surface area contributed by atoms with Crippen molar-refractivity contribution in [2.75, 3.05) is 39.2 Å². The van der Waals surface area contributed by atoms with E-state index in [4.69, 9.17) is 17.4 Å². The molecule has 1 fully saturated rings. The fourth-order valence-corrected chi connectivity index (χ4v) is 7.51. The average Bonchev–Trinajstić information content (AvgIpc) is 3.26. The van der Waals surface area contributed by atoms with Gasteiger partial charge in [-0.2, -0.15) is 5.10 Å². The van der Waals surface area contributed by atoms with E-state index in [9.17, 15) is 15.0 Å². The van der Waals surface area contributed by atoms with Crippen LogP contribution in [0, 0.1) is 0 Å². The van der Waals surface area contributed by atoms with E-state index >= 15 is 0 Å². The Balaban J connectivity index is 0.000000191. The Morgan fingerprint density at radius 2 is 1.42 bits per heavy atom. The van der Waals surface area contributed by atoms with Crippen LogP contribution in [0.5, 0.6) is 5.75 Å². The molecule has 0 radical (unpaired) electrons. The first-order valence-corrected chi connectivity index (χ1v) is 19.3. The average molecular weight is 782 g/mol. The predicted octanol–water partition coefficient (Wildman–Crippen LogP) is 7.94. The Hall–Kier alpha value is -5.91. The predicted molar refractivity (Wildman–Crippen MR) is 229 cm³/mol. The van der Waals surface area contributed by atoms with Crippen molar-refractivity contribution in [1.82, 2.24) is 25.0 Å². The number of anilines is 1. The summed E-state index contributed by atoms with van der Waals surface area (Å²) in [5, 5.41) is 31.9. The standard InChI is InChI=1S/C29H33ClN2O2.C9H7NO.C8H8N4/c1-31(2)27(33)29(24-9-5-3-6-10-24,25-11-7-4-8-12-25)19-22-32-20-17-28(34,18-21-32)23-13-15-26(30)16-14-23;11-8-5-1-3-7-4-2-6-10-9(7)8;9-11-8-7-4-2-1-3-6(7)5-10-12-8/h3-16,34H,17-22H2,1-2H3;1-6,11H;1-5H,9H2,(H,11,12). The summed E-state index contributed by atoms with van der Waals surface area (Å²) in [6.45, 7) is 2.31. The number of hydrazine groups is 1. The Bertz CT molecular complexity index is 2300. The van der Waals surface area contributed by atoms with Crippen molar-refractivity contribution in [3.8, 4) is 5.75 Å². The van der Waals surface area contributed by atoms with Gasteiger partial charge in [-0.15, -0.1) is 5.10 Å². The molecule has 0 saturated carbocycles. The van der Waals surface area contributed by atoms with Gasteiger partial charge >= 0.3 is 0 Å². The van der Waals surface area contributed by atoms with Crippen molar-refractivity contribution in [3.63, 3.8) is 0 Å². The highest BCUT2D eigenvalue weighted by molar-refractivity contribution is 6.30. The lowest BCUT2D eigenvalue weighted by molar-refractivity contribution is -0.133. The molecule has 0 unspecified atom stereocenters. The molecule has 0 spiro atoms. The maximum atomic E-state index is 13.8. The lowest BCUT2D eigenvalue weighted by Crippen LogP contribution is -2.48. The smallest absolute Gasteiger partial charge is 0.237 e. The van der Waals surface area contributed by atoms with E-state index in [0.29, 0.717) is 35.6 Å². The molecular weight excluding hydrogens is 734 g/mol. The van der Waals surface area contributed by atoms with Crippen LogP contribution in [0.1, 0.15) is 36.0 Å². The first-order chi connectivity index (χ1) is 27.6. The summed E-state index contributed by atoms with van der Waals surface area (Å²) in [6.07, 6.45) is 5.34. The number of carbonyl (C=O) groups excluding carboxylic acids is 1. The summed E-state index contributed by atoms with van der Waals surface area (Å²) in [7, 11) is 3.66. The zero-order valence-corrected chi connectivity index (χ0v) is 32.9. The summed E-state index contributed by atoms with van der Waals surface area (Å²) in [5.41, 5.74) is 4.49. The second-order valence-corrected chi connectivity index (χ2v) is 14.7. The van der Waals surface area contributed by atoms with Gasteiger partial charge in [0.05, 0.1) is 11.8 Å². The number of para-hydroxylation sites is 1. The van der Waals surface area contributed by atoms with E-state index in [2.05, 4.69) is 49.8 Å². The van der Waals surface area contributed by atoms with Crippen LogP contribution in [-0.2, 0) is 15.8 Å². The Morgan fingerprint density at radius 3 is 2.04 bits per heavy atom. The molecule has 57 heavy (non-hydrogen) atoms. The number of likely N-dealkylation sites (tertiary alicyclic amines) is 1. The summed E-state index contributed by atoms with van der Waals surface area (Å²) in [5.74, 6) is 6.19. The zero-order valence-electron chi connectivity index (χ0n) is 32.2. The number of likely N-dealkylation sites (N-methyl/N-ethyl adjacent to an activating group) is 1. The molecule has 5 N–H and O–H groups in total. The van der Waals surface area contributed by atoms with Crippen LogP contribution in [0.25, 0.3) is 21.7 Å². The monoisotopic (exact) mass is 781 g/mol. The molecule has 0 bridgehead atoms. The number of rotatable bonds is 8. The largest absolute Gasteiger partial charge is 0.506 e. The molecule has 292 valence electrons. The van der Waals surface area contributed by atoms with E-state index in [0.717, 1.165) is 52.5 Å². The number of carbonyl (C=O) groups is 1. The third-order valence-electron chi connectivity index (χ3n) is 10.5. The minimum absolute atomic E-state index is 0.0829. The van der Waals surface area contributed by atoms with E-state index in [1.165, 1.54) is 0 Å². The maximum Gasteiger partial charge on any atom is 0.237 e. The van der Waals surface area contributed by atoms with Gasteiger partial charge in [-0.05, 0) is 66.8 Å². The number of piperidine rings is 1. The number of fused-ring (bicyclic) bond motifs is 2. The highest BCUT2D eigenvalue weighted by atomic mass is 35.5. The molecule has 1 aliphatic rings. The molecule has 11 heteroatoms. The fraction of sp³-hybridized carbons (Fsp3) is 0.217. The van der Waals surface area contributed by atoms with Gasteiger partial charge in [0.15, 0.2) is 5.82 Å². The minimum atomic E-state index is -0.837. The SMILES string of the molecule is CN(C)C(=O)C(CCN1CCC(O)(c2ccc(Cl)cc2)CC1)(c1ccccc1)c1ccccc1.NNc1nncc2ccccc12.Oc1cccc2cccnc12. The van der Waals surface area contributed by atoms with Crippen LogP contribution < -0.4 is 11.3 Å². The molecule has 1 amide bonds. The van der Waals surface area contributed by atoms with E-state index < -0.39 is 11.0 Å². The molecule has 0 aliphatic carbocycles. The summed E-state index contributed by atoms with van der Waals surface area (Å²) in [6, 6.07) is 44.7. The van der Waals surface area contributed by atoms with E-state index in [1.807, 2.05) is 117 Å². The lowest BCUT2D eigenvalue weighted by Gasteiger charge is -2.41. The number of nitrogens with zero attached hydrogens (tertiary/aromatic N) is 5. The van der Waals surface area contributed by atoms with Crippen LogP contribution in [0.4, 0.5) is 5.82 Å². The summed E-state index contributed by atoms with van der Waals surface area (Å²) in [4.78, 5) is 21.9. The quantitative estimate of drug-likeness (QED) is 0.0894. The van der Waals surface area contributed by atoms with Crippen LogP contribution in [0.15, 0.2) is 152 Å². The van der Waals surface area contributed by atoms with Crippen molar-refractivity contribution in [2.24, 2.45) is 5.84 Å². The number of nitrogens with one attached hydrogen (secondary N) is 1. The Morgan fingerprint density at radius 1 is 0.825 bits per heavy atom. The first kappa shape index (κ1) is 40.7. The summed E-state index contributed by atoms with van der Waals surface area (Å²) < 4.78 is 0. The molecule has 5 aromatic carbocycles. The number of phenolic OH excluding ortho intramolecular Hbond substituents is 1. The molecule has 7 aromatic rings. The van der Waals surface area contributed by atoms with Crippen LogP contribution in [-0.4, -0.2) is 74.8 Å². The van der Waals surface area contributed by atoms with Gasteiger partial charge in [0.1, 0.15) is 16.7 Å². The topological polar surface area (TPSA) is 141 Å². The second kappa shape index (κ2) is 18.8. The van der Waals surface area contributed by atoms with Crippen molar-refractivity contribution in [1.29, 1.82) is 0 Å². The number of nitrogen functional groups attached to an aromatic ring is 1. The number of nitrogens with two attached hydrogens (primary N) is 1. The normalized spacial score (nSPS) is 13.8. The molecule has 1 saturated heterocycles. The van der Waals surface area contributed by atoms with Crippen molar-refractivity contribution in [3.05, 3.63) is 174 Å². The number of aromatic nitrogens is 3. The van der Waals surface area contributed by atoms with Crippen LogP contribution in [0.3, 0.4) is 0 Å². The van der Waals surface area contributed by atoms with E-state index in [1.54, 1.807) is 29.4 Å².